The largest absolute Gasteiger partial charge is 0.327 e. The Balaban J connectivity index is 1.81. The molecule has 18 heavy (non-hydrogen) atoms. The second-order valence-corrected chi connectivity index (χ2v) is 6.85. The van der Waals surface area contributed by atoms with Gasteiger partial charge in [-0.15, -0.1) is 0 Å². The van der Waals surface area contributed by atoms with Gasteiger partial charge in [-0.25, -0.2) is 0 Å². The van der Waals surface area contributed by atoms with Crippen molar-refractivity contribution in [1.82, 2.24) is 4.90 Å². The summed E-state index contributed by atoms with van der Waals surface area (Å²) < 4.78 is 0. The molecule has 0 aromatic rings. The van der Waals surface area contributed by atoms with Gasteiger partial charge in [-0.05, 0) is 69.4 Å². The quantitative estimate of drug-likeness (QED) is 0.835. The number of nitrogens with zero attached hydrogens (tertiary/aromatic N) is 1. The molecule has 2 aliphatic rings. The summed E-state index contributed by atoms with van der Waals surface area (Å²) in [5.41, 5.74) is 6.32. The highest BCUT2D eigenvalue weighted by atomic mass is 15.1. The minimum absolute atomic E-state index is 0.464. The first-order valence-corrected chi connectivity index (χ1v) is 8.17. The van der Waals surface area contributed by atoms with E-state index in [-0.39, 0.29) is 0 Å². The summed E-state index contributed by atoms with van der Waals surface area (Å²) in [5, 5.41) is 0. The lowest BCUT2D eigenvalue weighted by atomic mass is 9.79. The topological polar surface area (TPSA) is 29.3 Å². The zero-order valence-electron chi connectivity index (χ0n) is 12.4. The molecule has 4 unspecified atom stereocenters. The molecule has 0 spiro atoms. The zero-order valence-corrected chi connectivity index (χ0v) is 12.4. The van der Waals surface area contributed by atoms with E-state index in [1.54, 1.807) is 0 Å². The molecule has 4 atom stereocenters. The lowest BCUT2D eigenvalue weighted by molar-refractivity contribution is 0.163. The van der Waals surface area contributed by atoms with Crippen molar-refractivity contribution in [3.05, 3.63) is 0 Å². The van der Waals surface area contributed by atoms with Crippen molar-refractivity contribution in [2.75, 3.05) is 19.6 Å². The number of likely N-dealkylation sites (tertiary alicyclic amines) is 1. The summed E-state index contributed by atoms with van der Waals surface area (Å²) in [6.45, 7) is 8.64. The van der Waals surface area contributed by atoms with Crippen LogP contribution in [0, 0.1) is 17.8 Å². The van der Waals surface area contributed by atoms with E-state index >= 15 is 0 Å². The van der Waals surface area contributed by atoms with Crippen LogP contribution in [0.3, 0.4) is 0 Å². The Labute approximate surface area is 113 Å². The Kier molecular flexibility index (Phi) is 5.50. The summed E-state index contributed by atoms with van der Waals surface area (Å²) in [5.74, 6) is 2.63. The molecule has 106 valence electrons. The van der Waals surface area contributed by atoms with Gasteiger partial charge in [0.1, 0.15) is 0 Å². The summed E-state index contributed by atoms with van der Waals surface area (Å²) in [7, 11) is 0. The van der Waals surface area contributed by atoms with Crippen LogP contribution in [0.4, 0.5) is 0 Å². The summed E-state index contributed by atoms with van der Waals surface area (Å²) in [6, 6.07) is 0.464. The third-order valence-corrected chi connectivity index (χ3v) is 5.31. The standard InChI is InChI=1S/C16H32N2/c1-3-14-5-4-9-18(10-8-14)12-15-11-13(2)6-7-16(15)17/h13-16H,3-12,17H2,1-2H3. The molecule has 2 heteroatoms. The van der Waals surface area contributed by atoms with Crippen molar-refractivity contribution in [3.63, 3.8) is 0 Å². The molecular weight excluding hydrogens is 220 g/mol. The average Bonchev–Trinajstić information content (AvgIpc) is 2.59. The fourth-order valence-electron chi connectivity index (χ4n) is 3.88. The van der Waals surface area contributed by atoms with Crippen LogP contribution in [0.15, 0.2) is 0 Å². The van der Waals surface area contributed by atoms with Crippen LogP contribution in [0.1, 0.15) is 58.8 Å². The summed E-state index contributed by atoms with van der Waals surface area (Å²) >= 11 is 0. The van der Waals surface area contributed by atoms with Crippen LogP contribution in [-0.2, 0) is 0 Å². The second-order valence-electron chi connectivity index (χ2n) is 6.85. The zero-order chi connectivity index (χ0) is 13.0. The van der Waals surface area contributed by atoms with Crippen molar-refractivity contribution in [2.24, 2.45) is 23.5 Å². The van der Waals surface area contributed by atoms with Crippen molar-refractivity contribution in [3.8, 4) is 0 Å². The number of nitrogens with two attached hydrogens (primary N) is 1. The third kappa shape index (κ3) is 3.96. The minimum atomic E-state index is 0.464. The van der Waals surface area contributed by atoms with Gasteiger partial charge in [0.15, 0.2) is 0 Å². The lowest BCUT2D eigenvalue weighted by Crippen LogP contribution is -2.43. The van der Waals surface area contributed by atoms with Gasteiger partial charge in [0.05, 0.1) is 0 Å². The Hall–Kier alpha value is -0.0800. The molecule has 0 amide bonds. The van der Waals surface area contributed by atoms with E-state index in [0.717, 1.165) is 17.8 Å². The SMILES string of the molecule is CCC1CCCN(CC2CC(C)CCC2N)CC1. The smallest absolute Gasteiger partial charge is 0.00795 e. The Morgan fingerprint density at radius 1 is 1.11 bits per heavy atom. The van der Waals surface area contributed by atoms with Crippen LogP contribution >= 0.6 is 0 Å². The van der Waals surface area contributed by atoms with Crippen molar-refractivity contribution >= 4 is 0 Å². The highest BCUT2D eigenvalue weighted by Crippen LogP contribution is 2.29. The molecule has 2 fully saturated rings. The summed E-state index contributed by atoms with van der Waals surface area (Å²) in [6.07, 6.45) is 9.57. The third-order valence-electron chi connectivity index (χ3n) is 5.31. The summed E-state index contributed by atoms with van der Waals surface area (Å²) in [4.78, 5) is 2.71. The van der Waals surface area contributed by atoms with E-state index in [4.69, 9.17) is 5.73 Å². The minimum Gasteiger partial charge on any atom is -0.327 e. The predicted molar refractivity (Wildman–Crippen MR) is 78.6 cm³/mol. The maximum absolute atomic E-state index is 6.32. The molecule has 1 aliphatic carbocycles. The van der Waals surface area contributed by atoms with Gasteiger partial charge in [0.2, 0.25) is 0 Å². The normalized spacial score (nSPS) is 39.5. The number of rotatable bonds is 3. The average molecular weight is 252 g/mol. The van der Waals surface area contributed by atoms with Crippen molar-refractivity contribution in [2.45, 2.75) is 64.8 Å². The molecule has 2 N–H and O–H groups in total. The monoisotopic (exact) mass is 252 g/mol. The molecule has 0 aromatic heterocycles. The van der Waals surface area contributed by atoms with Crippen molar-refractivity contribution < 1.29 is 0 Å². The van der Waals surface area contributed by atoms with Crippen LogP contribution in [0.25, 0.3) is 0 Å². The lowest BCUT2D eigenvalue weighted by Gasteiger charge is -2.36. The maximum atomic E-state index is 6.32. The molecule has 1 saturated carbocycles. The van der Waals surface area contributed by atoms with Crippen LogP contribution in [0.2, 0.25) is 0 Å². The fourth-order valence-corrected chi connectivity index (χ4v) is 3.88. The predicted octanol–water partition coefficient (Wildman–Crippen LogP) is 3.26. The van der Waals surface area contributed by atoms with Gasteiger partial charge in [-0.1, -0.05) is 20.3 Å². The van der Waals surface area contributed by atoms with Gasteiger partial charge in [0, 0.05) is 12.6 Å². The Morgan fingerprint density at radius 3 is 2.72 bits per heavy atom. The van der Waals surface area contributed by atoms with Gasteiger partial charge < -0.3 is 10.6 Å². The Morgan fingerprint density at radius 2 is 1.94 bits per heavy atom. The molecule has 2 nitrogen and oxygen atoms in total. The highest BCUT2D eigenvalue weighted by Gasteiger charge is 2.28. The van der Waals surface area contributed by atoms with Crippen LogP contribution in [0.5, 0.6) is 0 Å². The number of hydrogen-bond acceptors (Lipinski definition) is 2. The molecular formula is C16H32N2. The molecule has 2 rings (SSSR count). The van der Waals surface area contributed by atoms with Gasteiger partial charge in [0.25, 0.3) is 0 Å². The van der Waals surface area contributed by atoms with Crippen LogP contribution < -0.4 is 5.73 Å². The van der Waals surface area contributed by atoms with Gasteiger partial charge >= 0.3 is 0 Å². The van der Waals surface area contributed by atoms with E-state index in [0.29, 0.717) is 6.04 Å². The van der Waals surface area contributed by atoms with Crippen molar-refractivity contribution in [1.29, 1.82) is 0 Å². The van der Waals surface area contributed by atoms with E-state index in [2.05, 4.69) is 18.7 Å². The maximum Gasteiger partial charge on any atom is 0.00795 e. The van der Waals surface area contributed by atoms with Gasteiger partial charge in [-0.3, -0.25) is 0 Å². The highest BCUT2D eigenvalue weighted by molar-refractivity contribution is 4.84. The fraction of sp³-hybridized carbons (Fsp3) is 1.00. The molecule has 0 aromatic carbocycles. The molecule has 1 heterocycles. The van der Waals surface area contributed by atoms with E-state index < -0.39 is 0 Å². The van der Waals surface area contributed by atoms with E-state index in [9.17, 15) is 0 Å². The van der Waals surface area contributed by atoms with Crippen LogP contribution in [-0.4, -0.2) is 30.6 Å². The molecule has 1 saturated heterocycles. The van der Waals surface area contributed by atoms with E-state index in [1.807, 2.05) is 0 Å². The molecule has 1 aliphatic heterocycles. The molecule has 0 bridgehead atoms. The Bertz CT molecular complexity index is 241. The second kappa shape index (κ2) is 6.91. The first-order valence-electron chi connectivity index (χ1n) is 8.17. The molecule has 0 radical (unpaired) electrons. The first kappa shape index (κ1) is 14.3. The van der Waals surface area contributed by atoms with E-state index in [1.165, 1.54) is 64.6 Å². The first-order chi connectivity index (χ1) is 8.69. The number of hydrogen-bond donors (Lipinski definition) is 1. The van der Waals surface area contributed by atoms with Gasteiger partial charge in [-0.2, -0.15) is 0 Å².